The molecular weight excluding hydrogens is 150 g/mol. The third kappa shape index (κ3) is 1.15. The molecule has 2 nitrogen and oxygen atoms in total. The van der Waals surface area contributed by atoms with Gasteiger partial charge in [-0.1, -0.05) is 12.2 Å². The molecule has 0 radical (unpaired) electrons. The maximum atomic E-state index is 8.88. The zero-order valence-electron chi connectivity index (χ0n) is 7.12. The van der Waals surface area contributed by atoms with Crippen LogP contribution in [0.3, 0.4) is 0 Å². The van der Waals surface area contributed by atoms with Crippen molar-refractivity contribution in [3.63, 3.8) is 0 Å². The summed E-state index contributed by atoms with van der Waals surface area (Å²) >= 11 is 0. The zero-order valence-corrected chi connectivity index (χ0v) is 7.12. The minimum atomic E-state index is 0.0683. The van der Waals surface area contributed by atoms with Gasteiger partial charge in [-0.2, -0.15) is 5.26 Å². The molecule has 2 rings (SSSR count). The van der Waals surface area contributed by atoms with E-state index in [1.54, 1.807) is 0 Å². The summed E-state index contributed by atoms with van der Waals surface area (Å²) in [5, 5.41) is 8.88. The van der Waals surface area contributed by atoms with Crippen LogP contribution in [0.2, 0.25) is 0 Å². The van der Waals surface area contributed by atoms with E-state index in [1.807, 2.05) is 0 Å². The summed E-state index contributed by atoms with van der Waals surface area (Å²) in [7, 11) is 0. The fourth-order valence-corrected chi connectivity index (χ4v) is 2.32. The van der Waals surface area contributed by atoms with E-state index in [4.69, 9.17) is 10.00 Å². The van der Waals surface area contributed by atoms with Gasteiger partial charge < -0.3 is 4.74 Å². The summed E-state index contributed by atoms with van der Waals surface area (Å²) in [5.74, 6) is 0.648. The van der Waals surface area contributed by atoms with Crippen molar-refractivity contribution in [3.05, 3.63) is 12.2 Å². The topological polar surface area (TPSA) is 33.0 Å². The molecule has 2 aliphatic rings. The molecule has 12 heavy (non-hydrogen) atoms. The van der Waals surface area contributed by atoms with Gasteiger partial charge in [0.05, 0.1) is 18.1 Å². The van der Waals surface area contributed by atoms with Gasteiger partial charge in [0.25, 0.3) is 0 Å². The molecule has 1 heterocycles. The lowest BCUT2D eigenvalue weighted by atomic mass is 9.77. The Labute approximate surface area is 72.8 Å². The fourth-order valence-electron chi connectivity index (χ4n) is 2.32. The smallest absolute Gasteiger partial charge is 0.0768 e. The van der Waals surface area contributed by atoms with E-state index in [2.05, 4.69) is 12.6 Å². The van der Waals surface area contributed by atoms with Crippen molar-refractivity contribution in [3.8, 4) is 6.07 Å². The van der Waals surface area contributed by atoms with Crippen molar-refractivity contribution in [1.82, 2.24) is 0 Å². The molecule has 0 bridgehead atoms. The van der Waals surface area contributed by atoms with Crippen LogP contribution in [-0.4, -0.2) is 12.7 Å². The Morgan fingerprint density at radius 1 is 1.50 bits per heavy atom. The maximum Gasteiger partial charge on any atom is 0.0768 e. The van der Waals surface area contributed by atoms with Gasteiger partial charge in [-0.3, -0.25) is 0 Å². The van der Waals surface area contributed by atoms with Gasteiger partial charge in [0.15, 0.2) is 0 Å². The number of rotatable bonds is 0. The predicted octanol–water partition coefficient (Wildman–Crippen LogP) is 1.88. The molecule has 1 saturated carbocycles. The normalized spacial score (nSPS) is 40.6. The molecule has 2 heteroatoms. The lowest BCUT2D eigenvalue weighted by Gasteiger charge is -2.29. The molecule has 3 unspecified atom stereocenters. The zero-order chi connectivity index (χ0) is 8.55. The second kappa shape index (κ2) is 2.91. The Balaban J connectivity index is 2.15. The summed E-state index contributed by atoms with van der Waals surface area (Å²) in [5.41, 5.74) is 1.23. The van der Waals surface area contributed by atoms with E-state index in [1.165, 1.54) is 5.57 Å². The Hall–Kier alpha value is -0.810. The molecule has 0 aromatic carbocycles. The highest BCUT2D eigenvalue weighted by atomic mass is 16.5. The van der Waals surface area contributed by atoms with Gasteiger partial charge in [-0.25, -0.2) is 0 Å². The van der Waals surface area contributed by atoms with E-state index in [-0.39, 0.29) is 12.0 Å². The van der Waals surface area contributed by atoms with Crippen LogP contribution in [0.1, 0.15) is 19.3 Å². The average Bonchev–Trinajstić information content (AvgIpc) is 2.50. The lowest BCUT2D eigenvalue weighted by molar-refractivity contribution is 0.0503. The van der Waals surface area contributed by atoms with Crippen LogP contribution in [-0.2, 0) is 4.74 Å². The molecule has 3 atom stereocenters. The Morgan fingerprint density at radius 3 is 3.08 bits per heavy atom. The molecular formula is C10H13NO. The first-order valence-electron chi connectivity index (χ1n) is 4.49. The molecule has 0 N–H and O–H groups in total. The third-order valence-corrected chi connectivity index (χ3v) is 2.89. The van der Waals surface area contributed by atoms with Crippen molar-refractivity contribution >= 4 is 0 Å². The van der Waals surface area contributed by atoms with E-state index in [9.17, 15) is 0 Å². The first-order valence-corrected chi connectivity index (χ1v) is 4.49. The maximum absolute atomic E-state index is 8.88. The Morgan fingerprint density at radius 2 is 2.33 bits per heavy atom. The van der Waals surface area contributed by atoms with Crippen LogP contribution in [0, 0.1) is 23.2 Å². The summed E-state index contributed by atoms with van der Waals surface area (Å²) < 4.78 is 5.55. The Bertz CT molecular complexity index is 241. The summed E-state index contributed by atoms with van der Waals surface area (Å²) in [4.78, 5) is 0. The van der Waals surface area contributed by atoms with E-state index >= 15 is 0 Å². The van der Waals surface area contributed by atoms with Gasteiger partial charge in [-0.15, -0.1) is 0 Å². The summed E-state index contributed by atoms with van der Waals surface area (Å²) in [6.45, 7) is 4.80. The van der Waals surface area contributed by atoms with Gasteiger partial charge in [0.1, 0.15) is 0 Å². The van der Waals surface area contributed by atoms with Crippen molar-refractivity contribution in [1.29, 1.82) is 5.26 Å². The molecule has 0 aromatic rings. The van der Waals surface area contributed by atoms with Crippen LogP contribution in [0.5, 0.6) is 0 Å². The number of nitrogens with zero attached hydrogens (tertiary/aromatic N) is 1. The average molecular weight is 163 g/mol. The number of fused-ring (bicyclic) bond motifs is 1. The monoisotopic (exact) mass is 163 g/mol. The Kier molecular flexibility index (Phi) is 1.90. The van der Waals surface area contributed by atoms with Crippen molar-refractivity contribution in [2.75, 3.05) is 6.61 Å². The summed E-state index contributed by atoms with van der Waals surface area (Å²) in [6.07, 6.45) is 3.24. The minimum absolute atomic E-state index is 0.0683. The second-order valence-corrected chi connectivity index (χ2v) is 3.78. The fraction of sp³-hybridized carbons (Fsp3) is 0.700. The van der Waals surface area contributed by atoms with E-state index in [0.717, 1.165) is 25.9 Å². The summed E-state index contributed by atoms with van der Waals surface area (Å²) in [6, 6.07) is 2.32. The van der Waals surface area contributed by atoms with E-state index < -0.39 is 0 Å². The molecule has 1 aliphatic carbocycles. The van der Waals surface area contributed by atoms with Gasteiger partial charge in [-0.05, 0) is 25.2 Å². The first-order chi connectivity index (χ1) is 5.81. The van der Waals surface area contributed by atoms with Gasteiger partial charge in [0.2, 0.25) is 0 Å². The van der Waals surface area contributed by atoms with E-state index in [0.29, 0.717) is 5.92 Å². The molecule has 1 aliphatic heterocycles. The number of allylic oxidation sites excluding steroid dienone is 1. The van der Waals surface area contributed by atoms with Gasteiger partial charge >= 0.3 is 0 Å². The lowest BCUT2D eigenvalue weighted by Crippen LogP contribution is -2.30. The SMILES string of the molecule is C=C1CC(C#N)C2OCCC2C1. The number of hydrogen-bond donors (Lipinski definition) is 0. The third-order valence-electron chi connectivity index (χ3n) is 2.89. The molecule has 64 valence electrons. The van der Waals surface area contributed by atoms with Gasteiger partial charge in [0, 0.05) is 6.61 Å². The molecule has 1 saturated heterocycles. The minimum Gasteiger partial charge on any atom is -0.377 e. The van der Waals surface area contributed by atoms with Crippen molar-refractivity contribution < 1.29 is 4.74 Å². The van der Waals surface area contributed by atoms with Crippen LogP contribution in [0.4, 0.5) is 0 Å². The van der Waals surface area contributed by atoms with Crippen LogP contribution in [0.15, 0.2) is 12.2 Å². The molecule has 0 aromatic heterocycles. The highest BCUT2D eigenvalue weighted by Gasteiger charge is 2.38. The molecule has 0 spiro atoms. The largest absolute Gasteiger partial charge is 0.377 e. The number of hydrogen-bond acceptors (Lipinski definition) is 2. The van der Waals surface area contributed by atoms with Crippen LogP contribution < -0.4 is 0 Å². The highest BCUT2D eigenvalue weighted by Crippen LogP contribution is 2.39. The van der Waals surface area contributed by atoms with Crippen molar-refractivity contribution in [2.45, 2.75) is 25.4 Å². The highest BCUT2D eigenvalue weighted by molar-refractivity contribution is 5.11. The van der Waals surface area contributed by atoms with Crippen molar-refractivity contribution in [2.24, 2.45) is 11.8 Å². The molecule has 0 amide bonds. The van der Waals surface area contributed by atoms with Crippen LogP contribution >= 0.6 is 0 Å². The number of nitriles is 1. The number of ether oxygens (including phenoxy) is 1. The standard InChI is InChI=1S/C10H13NO/c1-7-4-8-2-3-12-10(8)9(5-7)6-11/h8-10H,1-5H2. The van der Waals surface area contributed by atoms with Crippen LogP contribution in [0.25, 0.3) is 0 Å². The second-order valence-electron chi connectivity index (χ2n) is 3.78. The quantitative estimate of drug-likeness (QED) is 0.511. The molecule has 2 fully saturated rings. The first kappa shape index (κ1) is 7.82. The predicted molar refractivity (Wildman–Crippen MR) is 45.3 cm³/mol.